The van der Waals surface area contributed by atoms with E-state index in [9.17, 15) is 9.59 Å². The number of rotatable bonds is 6. The first-order chi connectivity index (χ1) is 13.4. The van der Waals surface area contributed by atoms with E-state index in [1.807, 2.05) is 51.1 Å². The molecule has 0 fully saturated rings. The Bertz CT molecular complexity index is 995. The molecule has 0 aliphatic heterocycles. The standard InChI is InChI=1S/C20H24N6O2/c1-13(2)22-19(27)15-7-8-18-17(12-15)24-25-26(18)10-9-21-20(28)23-16-6-4-5-14(3)11-16/h4-8,11-13H,9-10H2,1-3H3,(H,22,27)(H2,21,23,28). The first-order valence-electron chi connectivity index (χ1n) is 9.18. The van der Waals surface area contributed by atoms with Gasteiger partial charge in [0.15, 0.2) is 0 Å². The number of nitrogens with one attached hydrogen (secondary N) is 3. The molecule has 3 aromatic rings. The zero-order valence-electron chi connectivity index (χ0n) is 16.2. The summed E-state index contributed by atoms with van der Waals surface area (Å²) >= 11 is 0. The largest absolute Gasteiger partial charge is 0.350 e. The molecular formula is C20H24N6O2. The van der Waals surface area contributed by atoms with Gasteiger partial charge in [-0.05, 0) is 56.7 Å². The van der Waals surface area contributed by atoms with Gasteiger partial charge in [-0.3, -0.25) is 4.79 Å². The Morgan fingerprint density at radius 2 is 1.96 bits per heavy atom. The molecule has 0 aliphatic rings. The number of amides is 3. The Morgan fingerprint density at radius 1 is 1.14 bits per heavy atom. The van der Waals surface area contributed by atoms with E-state index in [0.717, 1.165) is 16.8 Å². The van der Waals surface area contributed by atoms with Crippen LogP contribution in [0.2, 0.25) is 0 Å². The van der Waals surface area contributed by atoms with E-state index in [4.69, 9.17) is 0 Å². The lowest BCUT2D eigenvalue weighted by atomic mass is 10.2. The Morgan fingerprint density at radius 3 is 2.71 bits per heavy atom. The summed E-state index contributed by atoms with van der Waals surface area (Å²) in [5.41, 5.74) is 3.82. The molecule has 0 bridgehead atoms. The fourth-order valence-electron chi connectivity index (χ4n) is 2.80. The number of aromatic nitrogens is 3. The van der Waals surface area contributed by atoms with Gasteiger partial charge in [-0.1, -0.05) is 17.3 Å². The molecular weight excluding hydrogens is 356 g/mol. The van der Waals surface area contributed by atoms with Crippen LogP contribution >= 0.6 is 0 Å². The van der Waals surface area contributed by atoms with Crippen molar-refractivity contribution < 1.29 is 9.59 Å². The highest BCUT2D eigenvalue weighted by molar-refractivity contribution is 5.97. The van der Waals surface area contributed by atoms with Gasteiger partial charge in [-0.2, -0.15) is 0 Å². The summed E-state index contributed by atoms with van der Waals surface area (Å²) in [5.74, 6) is -0.138. The van der Waals surface area contributed by atoms with Gasteiger partial charge in [-0.25, -0.2) is 9.48 Å². The van der Waals surface area contributed by atoms with Crippen LogP contribution in [0.25, 0.3) is 11.0 Å². The van der Waals surface area contributed by atoms with E-state index < -0.39 is 0 Å². The second kappa shape index (κ2) is 8.51. The van der Waals surface area contributed by atoms with E-state index in [0.29, 0.717) is 24.2 Å². The summed E-state index contributed by atoms with van der Waals surface area (Å²) < 4.78 is 1.70. The normalized spacial score (nSPS) is 10.9. The maximum Gasteiger partial charge on any atom is 0.319 e. The predicted octanol–water partition coefficient (Wildman–Crippen LogP) is 2.70. The van der Waals surface area contributed by atoms with Crippen molar-refractivity contribution in [2.45, 2.75) is 33.4 Å². The minimum absolute atomic E-state index is 0.0656. The Hall–Kier alpha value is -3.42. The van der Waals surface area contributed by atoms with Crippen LogP contribution in [0.5, 0.6) is 0 Å². The fraction of sp³-hybridized carbons (Fsp3) is 0.300. The highest BCUT2D eigenvalue weighted by Crippen LogP contribution is 2.14. The maximum atomic E-state index is 12.1. The molecule has 1 aromatic heterocycles. The van der Waals surface area contributed by atoms with Crippen LogP contribution < -0.4 is 16.0 Å². The van der Waals surface area contributed by atoms with Crippen LogP contribution in [0.1, 0.15) is 29.8 Å². The number of urea groups is 1. The fourth-order valence-corrected chi connectivity index (χ4v) is 2.80. The van der Waals surface area contributed by atoms with Crippen LogP contribution in [-0.2, 0) is 6.54 Å². The number of carbonyl (C=O) groups excluding carboxylic acids is 2. The maximum absolute atomic E-state index is 12.1. The summed E-state index contributed by atoms with van der Waals surface area (Å²) in [5, 5.41) is 16.7. The molecule has 3 rings (SSSR count). The summed E-state index contributed by atoms with van der Waals surface area (Å²) in [7, 11) is 0. The van der Waals surface area contributed by atoms with Gasteiger partial charge >= 0.3 is 6.03 Å². The Labute approximate surface area is 163 Å². The molecule has 2 aromatic carbocycles. The summed E-state index contributed by atoms with van der Waals surface area (Å²) in [6.07, 6.45) is 0. The van der Waals surface area contributed by atoms with Crippen molar-refractivity contribution in [3.05, 3.63) is 53.6 Å². The average Bonchev–Trinajstić information content (AvgIpc) is 3.03. The third-order valence-corrected chi connectivity index (χ3v) is 4.08. The molecule has 0 unspecified atom stereocenters. The van der Waals surface area contributed by atoms with Crippen molar-refractivity contribution in [3.63, 3.8) is 0 Å². The minimum Gasteiger partial charge on any atom is -0.350 e. The lowest BCUT2D eigenvalue weighted by molar-refractivity contribution is 0.0943. The van der Waals surface area contributed by atoms with Crippen LogP contribution in [0.15, 0.2) is 42.5 Å². The zero-order valence-corrected chi connectivity index (χ0v) is 16.2. The van der Waals surface area contributed by atoms with E-state index >= 15 is 0 Å². The van der Waals surface area contributed by atoms with Gasteiger partial charge in [0.1, 0.15) is 5.52 Å². The number of fused-ring (bicyclic) bond motifs is 1. The number of hydrogen-bond donors (Lipinski definition) is 3. The van der Waals surface area contributed by atoms with Crippen molar-refractivity contribution in [2.75, 3.05) is 11.9 Å². The predicted molar refractivity (Wildman–Crippen MR) is 108 cm³/mol. The molecule has 0 radical (unpaired) electrons. The average molecular weight is 380 g/mol. The second-order valence-corrected chi connectivity index (χ2v) is 6.89. The van der Waals surface area contributed by atoms with Crippen molar-refractivity contribution >= 4 is 28.7 Å². The van der Waals surface area contributed by atoms with E-state index in [2.05, 4.69) is 26.3 Å². The van der Waals surface area contributed by atoms with Crippen LogP contribution in [-0.4, -0.2) is 39.5 Å². The number of nitrogens with zero attached hydrogens (tertiary/aromatic N) is 3. The Kier molecular flexibility index (Phi) is 5.88. The third kappa shape index (κ3) is 4.85. The van der Waals surface area contributed by atoms with Gasteiger partial charge in [0, 0.05) is 23.8 Å². The van der Waals surface area contributed by atoms with Gasteiger partial charge < -0.3 is 16.0 Å². The van der Waals surface area contributed by atoms with Gasteiger partial charge in [0.2, 0.25) is 0 Å². The van der Waals surface area contributed by atoms with Crippen molar-refractivity contribution in [1.29, 1.82) is 0 Å². The number of hydrogen-bond acceptors (Lipinski definition) is 4. The Balaban J connectivity index is 1.57. The molecule has 8 nitrogen and oxygen atoms in total. The summed E-state index contributed by atoms with van der Waals surface area (Å²) in [6.45, 7) is 6.65. The molecule has 1 heterocycles. The number of aryl methyl sites for hydroxylation is 1. The highest BCUT2D eigenvalue weighted by Gasteiger charge is 2.11. The van der Waals surface area contributed by atoms with E-state index in [1.165, 1.54) is 0 Å². The molecule has 28 heavy (non-hydrogen) atoms. The molecule has 8 heteroatoms. The molecule has 0 saturated heterocycles. The van der Waals surface area contributed by atoms with Gasteiger partial charge in [-0.15, -0.1) is 5.10 Å². The second-order valence-electron chi connectivity index (χ2n) is 6.89. The lowest BCUT2D eigenvalue weighted by Crippen LogP contribution is -2.31. The minimum atomic E-state index is -0.275. The van der Waals surface area contributed by atoms with Gasteiger partial charge in [0.05, 0.1) is 12.1 Å². The van der Waals surface area contributed by atoms with Gasteiger partial charge in [0.25, 0.3) is 5.91 Å². The highest BCUT2D eigenvalue weighted by atomic mass is 16.2. The molecule has 3 N–H and O–H groups in total. The third-order valence-electron chi connectivity index (χ3n) is 4.08. The van der Waals surface area contributed by atoms with Crippen LogP contribution in [0, 0.1) is 6.92 Å². The molecule has 0 atom stereocenters. The monoisotopic (exact) mass is 380 g/mol. The summed E-state index contributed by atoms with van der Waals surface area (Å²) in [6, 6.07) is 12.7. The zero-order chi connectivity index (χ0) is 20.1. The number of benzene rings is 2. The number of carbonyl (C=O) groups is 2. The SMILES string of the molecule is Cc1cccc(NC(=O)NCCn2nnc3cc(C(=O)NC(C)C)ccc32)c1. The topological polar surface area (TPSA) is 101 Å². The first kappa shape index (κ1) is 19.3. The molecule has 146 valence electrons. The molecule has 0 saturated carbocycles. The van der Waals surface area contributed by atoms with E-state index in [1.54, 1.807) is 16.8 Å². The van der Waals surface area contributed by atoms with Crippen molar-refractivity contribution in [3.8, 4) is 0 Å². The van der Waals surface area contributed by atoms with Crippen molar-refractivity contribution in [1.82, 2.24) is 25.6 Å². The smallest absolute Gasteiger partial charge is 0.319 e. The number of anilines is 1. The lowest BCUT2D eigenvalue weighted by Gasteiger charge is -2.09. The summed E-state index contributed by atoms with van der Waals surface area (Å²) in [4.78, 5) is 24.1. The van der Waals surface area contributed by atoms with Crippen LogP contribution in [0.3, 0.4) is 0 Å². The molecule has 0 spiro atoms. The first-order valence-corrected chi connectivity index (χ1v) is 9.18. The molecule has 0 aliphatic carbocycles. The van der Waals surface area contributed by atoms with E-state index in [-0.39, 0.29) is 18.0 Å². The quantitative estimate of drug-likeness (QED) is 0.612. The van der Waals surface area contributed by atoms with Crippen LogP contribution in [0.4, 0.5) is 10.5 Å². The molecule has 3 amide bonds. The van der Waals surface area contributed by atoms with Crippen molar-refractivity contribution in [2.24, 2.45) is 0 Å².